The molecule has 0 bridgehead atoms. The molecule has 1 aromatic carbocycles. The van der Waals surface area contributed by atoms with Crippen LogP contribution in [0.5, 0.6) is 0 Å². The predicted molar refractivity (Wildman–Crippen MR) is 115 cm³/mol. The molecule has 6 heteroatoms. The molecule has 1 saturated heterocycles. The van der Waals surface area contributed by atoms with Gasteiger partial charge in [0.2, 0.25) is 5.91 Å². The average molecular weight is 392 g/mol. The summed E-state index contributed by atoms with van der Waals surface area (Å²) in [6.07, 6.45) is 2.56. The molecule has 29 heavy (non-hydrogen) atoms. The lowest BCUT2D eigenvalue weighted by Gasteiger charge is -2.35. The number of nitrogens with one attached hydrogen (secondary N) is 1. The van der Waals surface area contributed by atoms with Gasteiger partial charge in [0.25, 0.3) is 0 Å². The van der Waals surface area contributed by atoms with Crippen molar-refractivity contribution in [1.82, 2.24) is 15.2 Å². The van der Waals surface area contributed by atoms with E-state index in [-0.39, 0.29) is 5.91 Å². The molecule has 0 saturated carbocycles. The number of benzene rings is 1. The van der Waals surface area contributed by atoms with E-state index in [0.29, 0.717) is 24.6 Å². The number of nitriles is 1. The number of anilines is 1. The van der Waals surface area contributed by atoms with Crippen molar-refractivity contribution in [3.8, 4) is 6.07 Å². The third kappa shape index (κ3) is 5.78. The van der Waals surface area contributed by atoms with Crippen LogP contribution < -0.4 is 10.2 Å². The number of carbonyl (C=O) groups is 1. The molecule has 0 radical (unpaired) electrons. The summed E-state index contributed by atoms with van der Waals surface area (Å²) in [4.78, 5) is 20.9. The van der Waals surface area contributed by atoms with Crippen LogP contribution in [0, 0.1) is 11.3 Å². The number of amides is 1. The Kier molecular flexibility index (Phi) is 7.20. The summed E-state index contributed by atoms with van der Waals surface area (Å²) in [7, 11) is 0. The molecule has 0 unspecified atom stereocenters. The average Bonchev–Trinajstić information content (AvgIpc) is 2.74. The summed E-state index contributed by atoms with van der Waals surface area (Å²) in [5, 5.41) is 12.3. The SMILES string of the molecule is CC(C)c1ccc(CCNC(=O)CN2CCN(c3ncccc3C#N)CC2)cc1. The maximum absolute atomic E-state index is 12.3. The molecule has 1 aromatic heterocycles. The molecule has 0 atom stereocenters. The van der Waals surface area contributed by atoms with Crippen molar-refractivity contribution in [2.45, 2.75) is 26.2 Å². The quantitative estimate of drug-likeness (QED) is 0.785. The number of nitrogens with zero attached hydrogens (tertiary/aromatic N) is 4. The molecule has 1 aliphatic heterocycles. The van der Waals surface area contributed by atoms with Crippen LogP contribution in [-0.4, -0.2) is 55.1 Å². The Morgan fingerprint density at radius 1 is 1.17 bits per heavy atom. The molecule has 1 N–H and O–H groups in total. The lowest BCUT2D eigenvalue weighted by Crippen LogP contribution is -2.50. The third-order valence-electron chi connectivity index (χ3n) is 5.33. The molecular formula is C23H29N5O. The van der Waals surface area contributed by atoms with Gasteiger partial charge in [0.05, 0.1) is 12.1 Å². The van der Waals surface area contributed by atoms with Crippen LogP contribution in [0.25, 0.3) is 0 Å². The molecular weight excluding hydrogens is 362 g/mol. The van der Waals surface area contributed by atoms with E-state index in [9.17, 15) is 10.1 Å². The highest BCUT2D eigenvalue weighted by atomic mass is 16.2. The zero-order chi connectivity index (χ0) is 20.6. The van der Waals surface area contributed by atoms with Crippen LogP contribution in [0.1, 0.15) is 36.5 Å². The van der Waals surface area contributed by atoms with Crippen LogP contribution in [0.4, 0.5) is 5.82 Å². The maximum atomic E-state index is 12.3. The van der Waals surface area contributed by atoms with Crippen LogP contribution in [0.3, 0.4) is 0 Å². The van der Waals surface area contributed by atoms with Crippen LogP contribution in [0.15, 0.2) is 42.6 Å². The summed E-state index contributed by atoms with van der Waals surface area (Å²) >= 11 is 0. The van der Waals surface area contributed by atoms with Crippen LogP contribution in [-0.2, 0) is 11.2 Å². The molecule has 3 rings (SSSR count). The Hall–Kier alpha value is -2.91. The van der Waals surface area contributed by atoms with Gasteiger partial charge in [0.1, 0.15) is 11.9 Å². The van der Waals surface area contributed by atoms with Crippen molar-refractivity contribution in [2.75, 3.05) is 44.2 Å². The second-order valence-corrected chi connectivity index (χ2v) is 7.75. The molecule has 1 fully saturated rings. The first-order valence-electron chi connectivity index (χ1n) is 10.2. The minimum Gasteiger partial charge on any atom is -0.355 e. The van der Waals surface area contributed by atoms with Gasteiger partial charge in [-0.2, -0.15) is 5.26 Å². The Morgan fingerprint density at radius 2 is 1.90 bits per heavy atom. The number of piperazine rings is 1. The Balaban J connectivity index is 1.39. The smallest absolute Gasteiger partial charge is 0.234 e. The zero-order valence-electron chi connectivity index (χ0n) is 17.3. The molecule has 1 aliphatic rings. The number of hydrogen-bond acceptors (Lipinski definition) is 5. The summed E-state index contributed by atoms with van der Waals surface area (Å²) < 4.78 is 0. The number of pyridine rings is 1. The van der Waals surface area contributed by atoms with Crippen molar-refractivity contribution in [3.63, 3.8) is 0 Å². The topological polar surface area (TPSA) is 72.3 Å². The Labute approximate surface area is 173 Å². The normalized spacial score (nSPS) is 14.6. The van der Waals surface area contributed by atoms with Gasteiger partial charge in [0.15, 0.2) is 0 Å². The van der Waals surface area contributed by atoms with Gasteiger partial charge in [0, 0.05) is 38.9 Å². The van der Waals surface area contributed by atoms with E-state index in [0.717, 1.165) is 38.4 Å². The highest BCUT2D eigenvalue weighted by Crippen LogP contribution is 2.18. The second-order valence-electron chi connectivity index (χ2n) is 7.75. The van der Waals surface area contributed by atoms with Gasteiger partial charge in [-0.1, -0.05) is 38.1 Å². The Bertz CT molecular complexity index is 848. The first-order chi connectivity index (χ1) is 14.1. The molecule has 2 aromatic rings. The molecule has 1 amide bonds. The molecule has 6 nitrogen and oxygen atoms in total. The fourth-order valence-electron chi connectivity index (χ4n) is 3.53. The number of hydrogen-bond donors (Lipinski definition) is 1. The standard InChI is InChI=1S/C23H29N5O/c1-18(2)20-7-5-19(6-8-20)9-11-25-22(29)17-27-12-14-28(15-13-27)23-21(16-24)4-3-10-26-23/h3-8,10,18H,9,11-15,17H2,1-2H3,(H,25,29). The number of rotatable bonds is 7. The van der Waals surface area contributed by atoms with E-state index in [2.05, 4.69) is 64.3 Å². The van der Waals surface area contributed by atoms with Gasteiger partial charge in [-0.15, -0.1) is 0 Å². The highest BCUT2D eigenvalue weighted by Gasteiger charge is 2.21. The summed E-state index contributed by atoms with van der Waals surface area (Å²) in [5.74, 6) is 1.34. The van der Waals surface area contributed by atoms with Crippen LogP contribution in [0.2, 0.25) is 0 Å². The number of carbonyl (C=O) groups excluding carboxylic acids is 1. The Morgan fingerprint density at radius 3 is 2.55 bits per heavy atom. The molecule has 152 valence electrons. The van der Waals surface area contributed by atoms with Gasteiger partial charge < -0.3 is 10.2 Å². The zero-order valence-corrected chi connectivity index (χ0v) is 17.3. The molecule has 0 aliphatic carbocycles. The van der Waals surface area contributed by atoms with E-state index in [1.807, 2.05) is 0 Å². The number of aromatic nitrogens is 1. The minimum absolute atomic E-state index is 0.0628. The maximum Gasteiger partial charge on any atom is 0.234 e. The second kappa shape index (κ2) is 10.0. The third-order valence-corrected chi connectivity index (χ3v) is 5.33. The highest BCUT2D eigenvalue weighted by molar-refractivity contribution is 5.78. The van der Waals surface area contributed by atoms with E-state index < -0.39 is 0 Å². The lowest BCUT2D eigenvalue weighted by atomic mass is 10.0. The van der Waals surface area contributed by atoms with E-state index in [1.54, 1.807) is 18.3 Å². The first-order valence-corrected chi connectivity index (χ1v) is 10.2. The van der Waals surface area contributed by atoms with Crippen LogP contribution >= 0.6 is 0 Å². The largest absolute Gasteiger partial charge is 0.355 e. The first kappa shape index (κ1) is 20.8. The van der Waals surface area contributed by atoms with Gasteiger partial charge in [-0.3, -0.25) is 9.69 Å². The van der Waals surface area contributed by atoms with Crippen molar-refractivity contribution >= 4 is 11.7 Å². The van der Waals surface area contributed by atoms with Gasteiger partial charge in [-0.05, 0) is 35.6 Å². The predicted octanol–water partition coefficient (Wildman–Crippen LogP) is 2.56. The summed E-state index contributed by atoms with van der Waals surface area (Å²) in [6.45, 7) is 8.54. The van der Waals surface area contributed by atoms with Crippen molar-refractivity contribution in [2.24, 2.45) is 0 Å². The molecule has 2 heterocycles. The van der Waals surface area contributed by atoms with E-state index in [1.165, 1.54) is 11.1 Å². The van der Waals surface area contributed by atoms with Crippen molar-refractivity contribution in [1.29, 1.82) is 5.26 Å². The van der Waals surface area contributed by atoms with Crippen molar-refractivity contribution in [3.05, 3.63) is 59.3 Å². The summed E-state index contributed by atoms with van der Waals surface area (Å²) in [6, 6.07) is 14.4. The lowest BCUT2D eigenvalue weighted by molar-refractivity contribution is -0.122. The van der Waals surface area contributed by atoms with Crippen molar-refractivity contribution < 1.29 is 4.79 Å². The van der Waals surface area contributed by atoms with Gasteiger partial charge in [-0.25, -0.2) is 4.98 Å². The minimum atomic E-state index is 0.0628. The van der Waals surface area contributed by atoms with E-state index >= 15 is 0 Å². The fourth-order valence-corrected chi connectivity index (χ4v) is 3.53. The molecule has 0 spiro atoms. The monoisotopic (exact) mass is 391 g/mol. The van der Waals surface area contributed by atoms with E-state index in [4.69, 9.17) is 0 Å². The summed E-state index contributed by atoms with van der Waals surface area (Å²) in [5.41, 5.74) is 3.18. The van der Waals surface area contributed by atoms with Gasteiger partial charge >= 0.3 is 0 Å². The fraction of sp³-hybridized carbons (Fsp3) is 0.435.